The first-order chi connectivity index (χ1) is 13.2. The molecule has 1 unspecified atom stereocenters. The molecule has 27 heavy (non-hydrogen) atoms. The normalized spacial score (nSPS) is 16.5. The predicted octanol–water partition coefficient (Wildman–Crippen LogP) is 6.73. The molecule has 3 heteroatoms. The number of carbonyl (C=O) groups is 1. The molecule has 0 radical (unpaired) electrons. The van der Waals surface area contributed by atoms with Gasteiger partial charge in [0.2, 0.25) is 0 Å². The number of ether oxygens (including phenoxy) is 1. The van der Waals surface area contributed by atoms with Crippen molar-refractivity contribution in [2.45, 2.75) is 96.5 Å². The minimum absolute atomic E-state index is 0.0312. The van der Waals surface area contributed by atoms with Gasteiger partial charge in [0, 0.05) is 6.42 Å². The van der Waals surface area contributed by atoms with Crippen molar-refractivity contribution in [3.05, 3.63) is 41.5 Å². The molecule has 1 aliphatic heterocycles. The number of cyclic esters (lactones) is 1. The minimum atomic E-state index is -0.378. The largest absolute Gasteiger partial charge is 0.507 e. The summed E-state index contributed by atoms with van der Waals surface area (Å²) < 4.78 is 5.49. The quantitative estimate of drug-likeness (QED) is 0.237. The second kappa shape index (κ2) is 12.6. The van der Waals surface area contributed by atoms with E-state index in [1.54, 1.807) is 12.1 Å². The minimum Gasteiger partial charge on any atom is -0.507 e. The lowest BCUT2D eigenvalue weighted by Gasteiger charge is -2.25. The molecule has 0 spiro atoms. The number of phenols is 1. The monoisotopic (exact) mass is 372 g/mol. The Morgan fingerprint density at radius 3 is 2.41 bits per heavy atom. The van der Waals surface area contributed by atoms with E-state index in [0.29, 0.717) is 12.0 Å². The van der Waals surface area contributed by atoms with Crippen LogP contribution >= 0.6 is 0 Å². The summed E-state index contributed by atoms with van der Waals surface area (Å²) >= 11 is 0. The number of hydrogen-bond donors (Lipinski definition) is 1. The third-order valence-electron chi connectivity index (χ3n) is 5.34. The number of aromatic hydroxyl groups is 1. The number of allylic oxidation sites excluding steroid dienone is 2. The fourth-order valence-electron chi connectivity index (χ4n) is 3.74. The van der Waals surface area contributed by atoms with E-state index in [9.17, 15) is 9.90 Å². The topological polar surface area (TPSA) is 46.5 Å². The maximum Gasteiger partial charge on any atom is 0.342 e. The highest BCUT2D eigenvalue weighted by molar-refractivity contribution is 5.95. The van der Waals surface area contributed by atoms with Gasteiger partial charge in [-0.2, -0.15) is 0 Å². The number of unbranched alkanes of at least 4 members (excludes halogenated alkanes) is 9. The van der Waals surface area contributed by atoms with Crippen molar-refractivity contribution in [1.29, 1.82) is 0 Å². The molecule has 0 saturated carbocycles. The molecule has 1 heterocycles. The van der Waals surface area contributed by atoms with Crippen molar-refractivity contribution < 1.29 is 14.6 Å². The molecule has 1 aromatic rings. The molecule has 2 rings (SSSR count). The van der Waals surface area contributed by atoms with Crippen LogP contribution in [0.1, 0.15) is 99.9 Å². The smallest absolute Gasteiger partial charge is 0.342 e. The van der Waals surface area contributed by atoms with Gasteiger partial charge in [0.1, 0.15) is 17.4 Å². The molecule has 0 saturated heterocycles. The molecule has 0 bridgehead atoms. The first kappa shape index (κ1) is 21.5. The van der Waals surface area contributed by atoms with E-state index in [1.165, 1.54) is 57.8 Å². The summed E-state index contributed by atoms with van der Waals surface area (Å²) in [6.45, 7) is 2.26. The van der Waals surface area contributed by atoms with Crippen LogP contribution < -0.4 is 0 Å². The van der Waals surface area contributed by atoms with Crippen molar-refractivity contribution in [2.75, 3.05) is 0 Å². The summed E-state index contributed by atoms with van der Waals surface area (Å²) in [5.74, 6) is -0.347. The van der Waals surface area contributed by atoms with Gasteiger partial charge in [-0.05, 0) is 50.2 Å². The van der Waals surface area contributed by atoms with Gasteiger partial charge in [0.25, 0.3) is 0 Å². The molecule has 0 aromatic heterocycles. The van der Waals surface area contributed by atoms with Crippen LogP contribution in [-0.4, -0.2) is 17.2 Å². The zero-order chi connectivity index (χ0) is 19.3. The van der Waals surface area contributed by atoms with Crippen molar-refractivity contribution in [2.24, 2.45) is 0 Å². The van der Waals surface area contributed by atoms with Crippen molar-refractivity contribution in [3.8, 4) is 5.75 Å². The van der Waals surface area contributed by atoms with Crippen LogP contribution in [0.25, 0.3) is 0 Å². The number of phenolic OH excluding ortho intramolecular Hbond substituents is 1. The summed E-state index contributed by atoms with van der Waals surface area (Å²) in [7, 11) is 0. The average Bonchev–Trinajstić information content (AvgIpc) is 2.65. The summed E-state index contributed by atoms with van der Waals surface area (Å²) in [5.41, 5.74) is 1.26. The van der Waals surface area contributed by atoms with Crippen molar-refractivity contribution in [1.82, 2.24) is 0 Å². The molecule has 3 nitrogen and oxygen atoms in total. The second-order valence-electron chi connectivity index (χ2n) is 7.71. The molecule has 0 amide bonds. The third kappa shape index (κ3) is 7.78. The Hall–Kier alpha value is -1.77. The highest BCUT2D eigenvalue weighted by Crippen LogP contribution is 2.29. The SMILES string of the molecule is CCCCCCCCC=CCCCCCC1Cc2cccc(O)c2C(=O)O1. The average molecular weight is 373 g/mol. The van der Waals surface area contributed by atoms with Crippen LogP contribution in [-0.2, 0) is 11.2 Å². The van der Waals surface area contributed by atoms with Gasteiger partial charge in [-0.3, -0.25) is 0 Å². The van der Waals surface area contributed by atoms with Crippen molar-refractivity contribution >= 4 is 5.97 Å². The maximum atomic E-state index is 12.1. The second-order valence-corrected chi connectivity index (χ2v) is 7.71. The lowest BCUT2D eigenvalue weighted by molar-refractivity contribution is 0.0228. The van der Waals surface area contributed by atoms with E-state index in [2.05, 4.69) is 19.1 Å². The Morgan fingerprint density at radius 2 is 1.67 bits per heavy atom. The molecule has 1 N–H and O–H groups in total. The predicted molar refractivity (Wildman–Crippen MR) is 111 cm³/mol. The van der Waals surface area contributed by atoms with Gasteiger partial charge >= 0.3 is 5.97 Å². The van der Waals surface area contributed by atoms with E-state index in [1.807, 2.05) is 6.07 Å². The van der Waals surface area contributed by atoms with Crippen LogP contribution in [0, 0.1) is 0 Å². The summed E-state index contributed by atoms with van der Waals surface area (Å²) in [5, 5.41) is 9.80. The van der Waals surface area contributed by atoms with E-state index < -0.39 is 0 Å². The third-order valence-corrected chi connectivity index (χ3v) is 5.34. The van der Waals surface area contributed by atoms with Gasteiger partial charge in [-0.1, -0.05) is 69.7 Å². The Bertz CT molecular complexity index is 591. The summed E-state index contributed by atoms with van der Waals surface area (Å²) in [4.78, 5) is 12.1. The van der Waals surface area contributed by atoms with Crippen LogP contribution in [0.5, 0.6) is 5.75 Å². The summed E-state index contributed by atoms with van der Waals surface area (Å²) in [6.07, 6.45) is 20.2. The van der Waals surface area contributed by atoms with Crippen molar-refractivity contribution in [3.63, 3.8) is 0 Å². The van der Waals surface area contributed by atoms with E-state index in [0.717, 1.165) is 24.8 Å². The molecule has 1 aliphatic rings. The number of benzene rings is 1. The molecular weight excluding hydrogens is 336 g/mol. The molecule has 1 aromatic carbocycles. The highest BCUT2D eigenvalue weighted by atomic mass is 16.5. The first-order valence-corrected chi connectivity index (χ1v) is 10.9. The lowest BCUT2D eigenvalue weighted by atomic mass is 9.95. The Kier molecular flexibility index (Phi) is 10.0. The van der Waals surface area contributed by atoms with E-state index in [-0.39, 0.29) is 17.8 Å². The first-order valence-electron chi connectivity index (χ1n) is 10.9. The fraction of sp³-hybridized carbons (Fsp3) is 0.625. The molecule has 0 fully saturated rings. The highest BCUT2D eigenvalue weighted by Gasteiger charge is 2.28. The standard InChI is InChI=1S/C24H36O3/c1-2-3-4-5-6-7-8-9-10-11-12-13-14-17-21-19-20-16-15-18-22(25)23(20)24(26)27-21/h9-10,15-16,18,21,25H,2-8,11-14,17,19H2,1H3. The summed E-state index contributed by atoms with van der Waals surface area (Å²) in [6, 6.07) is 5.25. The Balaban J connectivity index is 1.50. The molecule has 0 aliphatic carbocycles. The number of hydrogen-bond acceptors (Lipinski definition) is 3. The van der Waals surface area contributed by atoms with Gasteiger partial charge in [0.05, 0.1) is 0 Å². The zero-order valence-electron chi connectivity index (χ0n) is 16.9. The van der Waals surface area contributed by atoms with Crippen LogP contribution in [0.2, 0.25) is 0 Å². The number of esters is 1. The van der Waals surface area contributed by atoms with Gasteiger partial charge in [-0.15, -0.1) is 0 Å². The molecule has 150 valence electrons. The number of carbonyl (C=O) groups excluding carboxylic acids is 1. The van der Waals surface area contributed by atoms with Gasteiger partial charge in [-0.25, -0.2) is 4.79 Å². The van der Waals surface area contributed by atoms with Gasteiger partial charge in [0.15, 0.2) is 0 Å². The van der Waals surface area contributed by atoms with Crippen LogP contribution in [0.3, 0.4) is 0 Å². The van der Waals surface area contributed by atoms with Crippen LogP contribution in [0.15, 0.2) is 30.4 Å². The number of fused-ring (bicyclic) bond motifs is 1. The molecule has 1 atom stereocenters. The lowest BCUT2D eigenvalue weighted by Crippen LogP contribution is -2.27. The zero-order valence-corrected chi connectivity index (χ0v) is 16.9. The fourth-order valence-corrected chi connectivity index (χ4v) is 3.74. The van der Waals surface area contributed by atoms with E-state index >= 15 is 0 Å². The van der Waals surface area contributed by atoms with Gasteiger partial charge < -0.3 is 9.84 Å². The maximum absolute atomic E-state index is 12.1. The van der Waals surface area contributed by atoms with E-state index in [4.69, 9.17) is 4.74 Å². The van der Waals surface area contributed by atoms with Crippen LogP contribution in [0.4, 0.5) is 0 Å². The molecular formula is C24H36O3. The number of rotatable bonds is 13. The Morgan fingerprint density at radius 1 is 1.00 bits per heavy atom. The Labute approximate surface area is 164 Å².